The van der Waals surface area contributed by atoms with Gasteiger partial charge in [-0.1, -0.05) is 41.9 Å². The van der Waals surface area contributed by atoms with Crippen molar-refractivity contribution >= 4 is 34.4 Å². The average molecular weight is 414 g/mol. The van der Waals surface area contributed by atoms with Gasteiger partial charge in [0.05, 0.1) is 23.7 Å². The Morgan fingerprint density at radius 3 is 2.69 bits per heavy atom. The molecular formula is C21H20ClN3O4. The Hall–Kier alpha value is -3.19. The largest absolute Gasteiger partial charge is 0.452 e. The standard InChI is InChI=1S/C21H20ClN3O4/c1-14(20(27)23-12-15-6-2-4-8-17(15)22)29-19(26)10-11-25-13-24-18-9-5-3-7-16(18)21(25)28/h2-9,13-14H,10-12H2,1H3,(H,23,27). The third-order valence-corrected chi connectivity index (χ3v) is 4.75. The Morgan fingerprint density at radius 1 is 1.17 bits per heavy atom. The van der Waals surface area contributed by atoms with Gasteiger partial charge in [0.15, 0.2) is 6.10 Å². The number of carbonyl (C=O) groups excluding carboxylic acids is 2. The summed E-state index contributed by atoms with van der Waals surface area (Å²) in [5, 5.41) is 3.71. The van der Waals surface area contributed by atoms with Crippen LogP contribution in [0, 0.1) is 0 Å². The van der Waals surface area contributed by atoms with E-state index in [1.165, 1.54) is 17.8 Å². The third-order valence-electron chi connectivity index (χ3n) is 4.38. The van der Waals surface area contributed by atoms with Gasteiger partial charge in [0.25, 0.3) is 11.5 Å². The lowest BCUT2D eigenvalue weighted by Crippen LogP contribution is -2.35. The van der Waals surface area contributed by atoms with E-state index in [1.54, 1.807) is 42.5 Å². The monoisotopic (exact) mass is 413 g/mol. The fraction of sp³-hybridized carbons (Fsp3) is 0.238. The van der Waals surface area contributed by atoms with Crippen molar-refractivity contribution in [1.29, 1.82) is 0 Å². The predicted molar refractivity (Wildman–Crippen MR) is 109 cm³/mol. The van der Waals surface area contributed by atoms with Gasteiger partial charge < -0.3 is 10.1 Å². The molecule has 0 saturated heterocycles. The van der Waals surface area contributed by atoms with Crippen LogP contribution in [0.2, 0.25) is 5.02 Å². The first-order valence-corrected chi connectivity index (χ1v) is 9.48. The lowest BCUT2D eigenvalue weighted by atomic mass is 10.2. The summed E-state index contributed by atoms with van der Waals surface area (Å²) >= 11 is 6.05. The molecule has 7 nitrogen and oxygen atoms in total. The van der Waals surface area contributed by atoms with E-state index in [0.29, 0.717) is 15.9 Å². The maximum atomic E-state index is 12.4. The molecule has 0 aliphatic carbocycles. The first kappa shape index (κ1) is 20.5. The number of benzene rings is 2. The summed E-state index contributed by atoms with van der Waals surface area (Å²) < 4.78 is 6.51. The molecule has 8 heteroatoms. The molecule has 0 aliphatic heterocycles. The molecule has 0 fully saturated rings. The molecule has 1 atom stereocenters. The molecule has 3 aromatic rings. The minimum atomic E-state index is -0.962. The van der Waals surface area contributed by atoms with E-state index in [0.717, 1.165) is 5.56 Å². The van der Waals surface area contributed by atoms with Crippen LogP contribution in [0.1, 0.15) is 18.9 Å². The normalized spacial score (nSPS) is 11.8. The van der Waals surface area contributed by atoms with Crippen LogP contribution >= 0.6 is 11.6 Å². The topological polar surface area (TPSA) is 90.3 Å². The van der Waals surface area contributed by atoms with Crippen molar-refractivity contribution in [3.8, 4) is 0 Å². The summed E-state index contributed by atoms with van der Waals surface area (Å²) in [6.45, 7) is 1.84. The van der Waals surface area contributed by atoms with Gasteiger partial charge in [-0.05, 0) is 30.7 Å². The molecule has 0 spiro atoms. The molecule has 0 bridgehead atoms. The zero-order valence-electron chi connectivity index (χ0n) is 15.8. The fourth-order valence-corrected chi connectivity index (χ4v) is 2.96. The molecule has 1 amide bonds. The van der Waals surface area contributed by atoms with Gasteiger partial charge in [0, 0.05) is 18.1 Å². The lowest BCUT2D eigenvalue weighted by molar-refractivity contribution is -0.155. The van der Waals surface area contributed by atoms with Gasteiger partial charge in [-0.25, -0.2) is 4.98 Å². The number of hydrogen-bond acceptors (Lipinski definition) is 5. The Labute approximate surface area is 172 Å². The highest BCUT2D eigenvalue weighted by Gasteiger charge is 2.18. The summed E-state index contributed by atoms with van der Waals surface area (Å²) in [7, 11) is 0. The van der Waals surface area contributed by atoms with Gasteiger partial charge in [-0.15, -0.1) is 0 Å². The van der Waals surface area contributed by atoms with Crippen LogP contribution in [-0.4, -0.2) is 27.5 Å². The van der Waals surface area contributed by atoms with E-state index in [2.05, 4.69) is 10.3 Å². The number of ether oxygens (including phenoxy) is 1. The number of aromatic nitrogens is 2. The zero-order valence-corrected chi connectivity index (χ0v) is 16.6. The Bertz CT molecular complexity index is 1100. The first-order chi connectivity index (χ1) is 14.0. The van der Waals surface area contributed by atoms with E-state index in [4.69, 9.17) is 16.3 Å². The van der Waals surface area contributed by atoms with Crippen molar-refractivity contribution in [3.05, 3.63) is 75.8 Å². The van der Waals surface area contributed by atoms with Gasteiger partial charge in [-0.2, -0.15) is 0 Å². The number of esters is 1. The Morgan fingerprint density at radius 2 is 1.90 bits per heavy atom. The molecule has 2 aromatic carbocycles. The van der Waals surface area contributed by atoms with Crippen molar-refractivity contribution in [2.75, 3.05) is 0 Å². The number of amides is 1. The number of carbonyl (C=O) groups is 2. The molecule has 1 aromatic heterocycles. The van der Waals surface area contributed by atoms with Crippen molar-refractivity contribution in [3.63, 3.8) is 0 Å². The fourth-order valence-electron chi connectivity index (χ4n) is 2.75. The molecule has 1 unspecified atom stereocenters. The van der Waals surface area contributed by atoms with E-state index in [-0.39, 0.29) is 25.1 Å². The molecule has 150 valence electrons. The summed E-state index contributed by atoms with van der Waals surface area (Å²) in [5.74, 6) is -1.01. The van der Waals surface area contributed by atoms with Crippen LogP contribution in [0.5, 0.6) is 0 Å². The first-order valence-electron chi connectivity index (χ1n) is 9.10. The highest BCUT2D eigenvalue weighted by Crippen LogP contribution is 2.14. The van der Waals surface area contributed by atoms with Crippen LogP contribution in [0.4, 0.5) is 0 Å². The minimum absolute atomic E-state index is 0.0535. The third kappa shape index (κ3) is 5.20. The number of halogens is 1. The minimum Gasteiger partial charge on any atom is -0.452 e. The quantitative estimate of drug-likeness (QED) is 0.601. The van der Waals surface area contributed by atoms with Crippen LogP contribution in [0.3, 0.4) is 0 Å². The van der Waals surface area contributed by atoms with Gasteiger partial charge in [-0.3, -0.25) is 19.0 Å². The van der Waals surface area contributed by atoms with Crippen molar-refractivity contribution < 1.29 is 14.3 Å². The summed E-state index contributed by atoms with van der Waals surface area (Å²) in [6, 6.07) is 14.1. The average Bonchev–Trinajstić information content (AvgIpc) is 2.72. The van der Waals surface area contributed by atoms with Crippen molar-refractivity contribution in [2.45, 2.75) is 32.5 Å². The van der Waals surface area contributed by atoms with E-state index < -0.39 is 18.0 Å². The lowest BCUT2D eigenvalue weighted by Gasteiger charge is -2.14. The van der Waals surface area contributed by atoms with Crippen LogP contribution < -0.4 is 10.9 Å². The van der Waals surface area contributed by atoms with Gasteiger partial charge in [0.1, 0.15) is 0 Å². The summed E-state index contributed by atoms with van der Waals surface area (Å²) in [6.07, 6.45) is 0.385. The van der Waals surface area contributed by atoms with E-state index >= 15 is 0 Å². The highest BCUT2D eigenvalue weighted by molar-refractivity contribution is 6.31. The van der Waals surface area contributed by atoms with Gasteiger partial charge >= 0.3 is 5.97 Å². The number of para-hydroxylation sites is 1. The highest BCUT2D eigenvalue weighted by atomic mass is 35.5. The number of nitrogens with one attached hydrogen (secondary N) is 1. The maximum absolute atomic E-state index is 12.4. The maximum Gasteiger partial charge on any atom is 0.308 e. The SMILES string of the molecule is CC(OC(=O)CCn1cnc2ccccc2c1=O)C(=O)NCc1ccccc1Cl. The van der Waals surface area contributed by atoms with Crippen LogP contribution in [-0.2, 0) is 27.4 Å². The zero-order chi connectivity index (χ0) is 20.8. The van der Waals surface area contributed by atoms with E-state index in [1.807, 2.05) is 6.07 Å². The molecule has 29 heavy (non-hydrogen) atoms. The molecule has 0 saturated carbocycles. The number of aryl methyl sites for hydroxylation is 1. The van der Waals surface area contributed by atoms with Crippen LogP contribution in [0.25, 0.3) is 10.9 Å². The summed E-state index contributed by atoms with van der Waals surface area (Å²) in [4.78, 5) is 40.8. The predicted octanol–water partition coefficient (Wildman–Crippen LogP) is 2.69. The number of rotatable bonds is 7. The Balaban J connectivity index is 1.51. The molecular weight excluding hydrogens is 394 g/mol. The van der Waals surface area contributed by atoms with E-state index in [9.17, 15) is 14.4 Å². The second kappa shape index (κ2) is 9.34. The molecule has 3 rings (SSSR count). The number of fused-ring (bicyclic) bond motifs is 1. The molecule has 0 aliphatic rings. The smallest absolute Gasteiger partial charge is 0.308 e. The number of hydrogen-bond donors (Lipinski definition) is 1. The van der Waals surface area contributed by atoms with Crippen molar-refractivity contribution in [1.82, 2.24) is 14.9 Å². The Kier molecular flexibility index (Phi) is 6.61. The summed E-state index contributed by atoms with van der Waals surface area (Å²) in [5.41, 5.74) is 1.14. The van der Waals surface area contributed by atoms with Crippen LogP contribution in [0.15, 0.2) is 59.7 Å². The molecule has 1 heterocycles. The van der Waals surface area contributed by atoms with Crippen molar-refractivity contribution in [2.24, 2.45) is 0 Å². The molecule has 0 radical (unpaired) electrons. The molecule has 1 N–H and O–H groups in total. The second-order valence-corrected chi connectivity index (χ2v) is 6.86. The second-order valence-electron chi connectivity index (χ2n) is 6.45. The van der Waals surface area contributed by atoms with Gasteiger partial charge in [0.2, 0.25) is 0 Å². The number of nitrogens with zero attached hydrogens (tertiary/aromatic N) is 2.